The van der Waals surface area contributed by atoms with E-state index in [1.165, 1.54) is 6.92 Å². The third kappa shape index (κ3) is 6.64. The SMILES string of the molecule is CCC(O)CC(CC(C)OCc1c(O)cc(O)cc1O)OC(C)=O. The van der Waals surface area contributed by atoms with E-state index in [2.05, 4.69) is 0 Å². The second-order valence-corrected chi connectivity index (χ2v) is 5.85. The van der Waals surface area contributed by atoms with Gasteiger partial charge in [0, 0.05) is 31.9 Å². The Morgan fingerprint density at radius 2 is 1.75 bits per heavy atom. The number of aliphatic hydroxyl groups is 1. The number of hydrogen-bond donors (Lipinski definition) is 4. The third-order valence-corrected chi connectivity index (χ3v) is 3.63. The van der Waals surface area contributed by atoms with Crippen molar-refractivity contribution in [2.24, 2.45) is 0 Å². The first kappa shape index (κ1) is 20.1. The largest absolute Gasteiger partial charge is 0.508 e. The highest BCUT2D eigenvalue weighted by Gasteiger charge is 2.20. The minimum absolute atomic E-state index is 0.0672. The summed E-state index contributed by atoms with van der Waals surface area (Å²) in [5, 5.41) is 38.5. The van der Waals surface area contributed by atoms with E-state index in [4.69, 9.17) is 9.47 Å². The molecule has 1 aromatic carbocycles. The first-order chi connectivity index (χ1) is 11.2. The van der Waals surface area contributed by atoms with Gasteiger partial charge in [-0.05, 0) is 13.3 Å². The van der Waals surface area contributed by atoms with E-state index in [-0.39, 0.29) is 35.5 Å². The Labute approximate surface area is 141 Å². The first-order valence-corrected chi connectivity index (χ1v) is 7.93. The average molecular weight is 342 g/mol. The Hall–Kier alpha value is -1.99. The summed E-state index contributed by atoms with van der Waals surface area (Å²) >= 11 is 0. The Kier molecular flexibility index (Phi) is 7.81. The summed E-state index contributed by atoms with van der Waals surface area (Å²) in [4.78, 5) is 11.2. The van der Waals surface area contributed by atoms with Gasteiger partial charge in [0.15, 0.2) is 0 Å². The Morgan fingerprint density at radius 3 is 2.25 bits per heavy atom. The number of hydrogen-bond acceptors (Lipinski definition) is 7. The summed E-state index contributed by atoms with van der Waals surface area (Å²) in [6.07, 6.45) is -0.134. The number of carbonyl (C=O) groups is 1. The Balaban J connectivity index is 2.62. The molecule has 0 aliphatic carbocycles. The molecule has 0 aliphatic heterocycles. The first-order valence-electron chi connectivity index (χ1n) is 7.93. The van der Waals surface area contributed by atoms with Crippen molar-refractivity contribution >= 4 is 5.97 Å². The van der Waals surface area contributed by atoms with Crippen LogP contribution in [0, 0.1) is 0 Å². The predicted octanol–water partition coefficient (Wildman–Crippen LogP) is 2.19. The molecule has 0 amide bonds. The zero-order chi connectivity index (χ0) is 18.3. The van der Waals surface area contributed by atoms with Crippen LogP contribution in [0.15, 0.2) is 12.1 Å². The van der Waals surface area contributed by atoms with E-state index >= 15 is 0 Å². The molecule has 136 valence electrons. The molecule has 24 heavy (non-hydrogen) atoms. The highest BCUT2D eigenvalue weighted by molar-refractivity contribution is 5.66. The number of ether oxygens (including phenoxy) is 2. The molecule has 0 spiro atoms. The molecular weight excluding hydrogens is 316 g/mol. The number of benzene rings is 1. The second-order valence-electron chi connectivity index (χ2n) is 5.85. The van der Waals surface area contributed by atoms with Gasteiger partial charge in [-0.3, -0.25) is 4.79 Å². The molecule has 0 fully saturated rings. The van der Waals surface area contributed by atoms with Crippen LogP contribution in [0.5, 0.6) is 17.2 Å². The fraction of sp³-hybridized carbons (Fsp3) is 0.588. The summed E-state index contributed by atoms with van der Waals surface area (Å²) in [5.41, 5.74) is 0.164. The van der Waals surface area contributed by atoms with Crippen LogP contribution in [0.4, 0.5) is 0 Å². The normalized spacial score (nSPS) is 14.8. The second kappa shape index (κ2) is 9.34. The fourth-order valence-corrected chi connectivity index (χ4v) is 2.34. The molecule has 1 aromatic rings. The molecule has 3 unspecified atom stereocenters. The fourth-order valence-electron chi connectivity index (χ4n) is 2.34. The lowest BCUT2D eigenvalue weighted by atomic mass is 10.0. The minimum atomic E-state index is -0.563. The van der Waals surface area contributed by atoms with Gasteiger partial charge in [-0.1, -0.05) is 6.92 Å². The number of carbonyl (C=O) groups excluding carboxylic acids is 1. The number of phenolic OH excluding ortho intramolecular Hbond substituents is 3. The molecule has 0 bridgehead atoms. The number of aliphatic hydroxyl groups excluding tert-OH is 1. The standard InChI is InChI=1S/C17H26O7/c1-4-12(19)6-14(24-11(3)18)5-10(2)23-9-15-16(21)7-13(20)8-17(15)22/h7-8,10,12,14,19-22H,4-6,9H2,1-3H3. The zero-order valence-electron chi connectivity index (χ0n) is 14.2. The molecule has 0 aliphatic rings. The monoisotopic (exact) mass is 342 g/mol. The molecule has 4 N–H and O–H groups in total. The summed E-state index contributed by atoms with van der Waals surface area (Å²) in [6.45, 7) is 4.85. The maximum atomic E-state index is 11.2. The number of phenols is 3. The van der Waals surface area contributed by atoms with Crippen molar-refractivity contribution in [2.45, 2.75) is 65.0 Å². The molecule has 0 saturated carbocycles. The molecule has 7 nitrogen and oxygen atoms in total. The van der Waals surface area contributed by atoms with Crippen LogP contribution in [0.1, 0.15) is 45.6 Å². The molecule has 0 radical (unpaired) electrons. The van der Waals surface area contributed by atoms with Crippen molar-refractivity contribution in [3.05, 3.63) is 17.7 Å². The van der Waals surface area contributed by atoms with Gasteiger partial charge >= 0.3 is 5.97 Å². The molecule has 7 heteroatoms. The van der Waals surface area contributed by atoms with Crippen LogP contribution >= 0.6 is 0 Å². The average Bonchev–Trinajstić information content (AvgIpc) is 2.44. The van der Waals surface area contributed by atoms with Crippen molar-refractivity contribution in [3.63, 3.8) is 0 Å². The van der Waals surface area contributed by atoms with E-state index in [0.29, 0.717) is 19.3 Å². The van der Waals surface area contributed by atoms with Crippen molar-refractivity contribution in [3.8, 4) is 17.2 Å². The smallest absolute Gasteiger partial charge is 0.302 e. The van der Waals surface area contributed by atoms with Crippen molar-refractivity contribution < 1.29 is 34.7 Å². The molecule has 3 atom stereocenters. The summed E-state index contributed by atoms with van der Waals surface area (Å²) < 4.78 is 10.8. The number of aromatic hydroxyl groups is 3. The van der Waals surface area contributed by atoms with Crippen LogP contribution in [-0.4, -0.2) is 44.7 Å². The zero-order valence-corrected chi connectivity index (χ0v) is 14.2. The maximum Gasteiger partial charge on any atom is 0.302 e. The van der Waals surface area contributed by atoms with Crippen LogP contribution in [-0.2, 0) is 20.9 Å². The lowest BCUT2D eigenvalue weighted by Crippen LogP contribution is -2.27. The summed E-state index contributed by atoms with van der Waals surface area (Å²) in [6, 6.07) is 2.23. The number of esters is 1. The van der Waals surface area contributed by atoms with Crippen LogP contribution in [0.3, 0.4) is 0 Å². The van der Waals surface area contributed by atoms with E-state index in [9.17, 15) is 25.2 Å². The highest BCUT2D eigenvalue weighted by Crippen LogP contribution is 2.32. The molecular formula is C17H26O7. The van der Waals surface area contributed by atoms with E-state index in [1.54, 1.807) is 6.92 Å². The van der Waals surface area contributed by atoms with E-state index in [0.717, 1.165) is 12.1 Å². The van der Waals surface area contributed by atoms with Gasteiger partial charge in [-0.2, -0.15) is 0 Å². The van der Waals surface area contributed by atoms with Gasteiger partial charge in [0.1, 0.15) is 23.4 Å². The van der Waals surface area contributed by atoms with Crippen LogP contribution in [0.25, 0.3) is 0 Å². The van der Waals surface area contributed by atoms with Gasteiger partial charge in [-0.15, -0.1) is 0 Å². The lowest BCUT2D eigenvalue weighted by Gasteiger charge is -2.23. The molecule has 0 saturated heterocycles. The van der Waals surface area contributed by atoms with E-state index < -0.39 is 18.2 Å². The summed E-state index contributed by atoms with van der Waals surface area (Å²) in [7, 11) is 0. The number of rotatable bonds is 9. The topological polar surface area (TPSA) is 116 Å². The predicted molar refractivity (Wildman–Crippen MR) is 86.8 cm³/mol. The van der Waals surface area contributed by atoms with Crippen molar-refractivity contribution in [1.29, 1.82) is 0 Å². The Morgan fingerprint density at radius 1 is 1.17 bits per heavy atom. The quantitative estimate of drug-likeness (QED) is 0.508. The van der Waals surface area contributed by atoms with Gasteiger partial charge in [0.25, 0.3) is 0 Å². The Bertz CT molecular complexity index is 521. The van der Waals surface area contributed by atoms with Gasteiger partial charge < -0.3 is 29.9 Å². The van der Waals surface area contributed by atoms with Crippen LogP contribution < -0.4 is 0 Å². The van der Waals surface area contributed by atoms with Crippen LogP contribution in [0.2, 0.25) is 0 Å². The summed E-state index contributed by atoms with van der Waals surface area (Å²) in [5.74, 6) is -1.20. The van der Waals surface area contributed by atoms with Gasteiger partial charge in [0.2, 0.25) is 0 Å². The van der Waals surface area contributed by atoms with Gasteiger partial charge in [-0.25, -0.2) is 0 Å². The maximum absolute atomic E-state index is 11.2. The molecule has 1 rings (SSSR count). The van der Waals surface area contributed by atoms with E-state index in [1.807, 2.05) is 6.92 Å². The van der Waals surface area contributed by atoms with Crippen molar-refractivity contribution in [2.75, 3.05) is 0 Å². The van der Waals surface area contributed by atoms with Crippen molar-refractivity contribution in [1.82, 2.24) is 0 Å². The minimum Gasteiger partial charge on any atom is -0.508 e. The lowest BCUT2D eigenvalue weighted by molar-refractivity contribution is -0.149. The van der Waals surface area contributed by atoms with Gasteiger partial charge in [0.05, 0.1) is 24.4 Å². The highest BCUT2D eigenvalue weighted by atomic mass is 16.5. The third-order valence-electron chi connectivity index (χ3n) is 3.63. The molecule has 0 aromatic heterocycles. The molecule has 0 heterocycles.